The van der Waals surface area contributed by atoms with Gasteiger partial charge in [0.1, 0.15) is 11.3 Å². The maximum absolute atomic E-state index is 13.8. The van der Waals surface area contributed by atoms with E-state index in [4.69, 9.17) is 9.15 Å². The van der Waals surface area contributed by atoms with Crippen molar-refractivity contribution in [2.45, 2.75) is 31.3 Å². The SMILES string of the molecule is COCCN1C(=O)N(CCc2ccccc2)C(=O)C12CCN(Cc1ccccc1-c1ccco1)CC2. The fourth-order valence-electron chi connectivity index (χ4n) is 5.49. The molecule has 0 saturated carbocycles. The van der Waals surface area contributed by atoms with Crippen molar-refractivity contribution < 1.29 is 18.7 Å². The Morgan fingerprint density at radius 1 is 0.917 bits per heavy atom. The molecule has 0 aliphatic carbocycles. The zero-order valence-corrected chi connectivity index (χ0v) is 20.8. The van der Waals surface area contributed by atoms with Gasteiger partial charge in [0.25, 0.3) is 5.91 Å². The van der Waals surface area contributed by atoms with Gasteiger partial charge < -0.3 is 14.1 Å². The van der Waals surface area contributed by atoms with Crippen LogP contribution in [0.15, 0.2) is 77.4 Å². The number of carbonyl (C=O) groups excluding carboxylic acids is 2. The molecule has 2 aliphatic heterocycles. The van der Waals surface area contributed by atoms with Crippen molar-refractivity contribution in [2.24, 2.45) is 0 Å². The summed E-state index contributed by atoms with van der Waals surface area (Å²) in [4.78, 5) is 32.8. The van der Waals surface area contributed by atoms with Crippen LogP contribution in [0.25, 0.3) is 11.3 Å². The van der Waals surface area contributed by atoms with Gasteiger partial charge in [0.2, 0.25) is 0 Å². The summed E-state index contributed by atoms with van der Waals surface area (Å²) in [7, 11) is 1.63. The Morgan fingerprint density at radius 2 is 1.67 bits per heavy atom. The Morgan fingerprint density at radius 3 is 2.39 bits per heavy atom. The molecule has 2 aliphatic rings. The number of piperidine rings is 1. The summed E-state index contributed by atoms with van der Waals surface area (Å²) in [6.45, 7) is 3.47. The minimum Gasteiger partial charge on any atom is -0.464 e. The first-order chi connectivity index (χ1) is 17.6. The fraction of sp³-hybridized carbons (Fsp3) is 0.379. The Bertz CT molecular complexity index is 1170. The molecule has 0 bridgehead atoms. The van der Waals surface area contributed by atoms with E-state index in [2.05, 4.69) is 17.0 Å². The molecule has 2 saturated heterocycles. The van der Waals surface area contributed by atoms with Crippen LogP contribution in [-0.2, 0) is 22.5 Å². The Labute approximate surface area is 212 Å². The topological polar surface area (TPSA) is 66.2 Å². The van der Waals surface area contributed by atoms with E-state index in [9.17, 15) is 9.59 Å². The van der Waals surface area contributed by atoms with E-state index in [0.29, 0.717) is 39.0 Å². The summed E-state index contributed by atoms with van der Waals surface area (Å²) < 4.78 is 10.9. The number of amides is 3. The predicted molar refractivity (Wildman–Crippen MR) is 137 cm³/mol. The van der Waals surface area contributed by atoms with Gasteiger partial charge in [-0.25, -0.2) is 4.79 Å². The standard InChI is InChI=1S/C29H33N3O4/c1-35-21-19-32-28(34)31(16-13-23-8-3-2-4-9-23)27(33)29(32)14-17-30(18-15-29)22-24-10-5-6-11-25(24)26-12-7-20-36-26/h2-12,20H,13-19,21-22H2,1H3. The van der Waals surface area contributed by atoms with Crippen LogP contribution < -0.4 is 0 Å². The van der Waals surface area contributed by atoms with Gasteiger partial charge in [-0.05, 0) is 42.5 Å². The molecule has 5 rings (SSSR count). The molecule has 3 aromatic rings. The van der Waals surface area contributed by atoms with Crippen LogP contribution in [0.3, 0.4) is 0 Å². The number of benzene rings is 2. The molecule has 0 N–H and O–H groups in total. The van der Waals surface area contributed by atoms with Gasteiger partial charge >= 0.3 is 6.03 Å². The molecular formula is C29H33N3O4. The third kappa shape index (κ3) is 4.68. The summed E-state index contributed by atoms with van der Waals surface area (Å²) in [5.41, 5.74) is 2.61. The number of ether oxygens (including phenoxy) is 1. The van der Waals surface area contributed by atoms with E-state index in [1.165, 1.54) is 10.5 Å². The van der Waals surface area contributed by atoms with Crippen molar-refractivity contribution in [1.29, 1.82) is 0 Å². The second-order valence-corrected chi connectivity index (χ2v) is 9.56. The molecule has 3 amide bonds. The smallest absolute Gasteiger partial charge is 0.327 e. The number of furan rings is 1. The summed E-state index contributed by atoms with van der Waals surface area (Å²) >= 11 is 0. The summed E-state index contributed by atoms with van der Waals surface area (Å²) in [5.74, 6) is 0.797. The average Bonchev–Trinajstić information content (AvgIpc) is 3.51. The minimum atomic E-state index is -0.788. The van der Waals surface area contributed by atoms with E-state index in [0.717, 1.165) is 36.5 Å². The maximum Gasteiger partial charge on any atom is 0.327 e. The van der Waals surface area contributed by atoms with Crippen molar-refractivity contribution >= 4 is 11.9 Å². The highest BCUT2D eigenvalue weighted by atomic mass is 16.5. The van der Waals surface area contributed by atoms with E-state index >= 15 is 0 Å². The van der Waals surface area contributed by atoms with Crippen LogP contribution in [0, 0.1) is 0 Å². The van der Waals surface area contributed by atoms with Crippen LogP contribution in [0.4, 0.5) is 4.79 Å². The van der Waals surface area contributed by atoms with Gasteiger partial charge in [-0.1, -0.05) is 54.6 Å². The molecule has 3 heterocycles. The second kappa shape index (κ2) is 10.7. The van der Waals surface area contributed by atoms with Gasteiger partial charge in [0.05, 0.1) is 12.9 Å². The lowest BCUT2D eigenvalue weighted by Crippen LogP contribution is -2.57. The third-order valence-corrected chi connectivity index (χ3v) is 7.49. The van der Waals surface area contributed by atoms with Crippen molar-refractivity contribution in [2.75, 3.05) is 39.9 Å². The highest BCUT2D eigenvalue weighted by molar-refractivity contribution is 6.07. The maximum atomic E-state index is 13.8. The molecule has 0 atom stereocenters. The quantitative estimate of drug-likeness (QED) is 0.418. The molecule has 1 spiro atoms. The van der Waals surface area contributed by atoms with Gasteiger partial charge in [-0.3, -0.25) is 14.6 Å². The molecule has 7 nitrogen and oxygen atoms in total. The number of rotatable bonds is 9. The number of methoxy groups -OCH3 is 1. The second-order valence-electron chi connectivity index (χ2n) is 9.56. The lowest BCUT2D eigenvalue weighted by atomic mass is 9.85. The van der Waals surface area contributed by atoms with Crippen molar-refractivity contribution in [1.82, 2.24) is 14.7 Å². The largest absolute Gasteiger partial charge is 0.464 e. The Hall–Kier alpha value is -3.42. The summed E-state index contributed by atoms with van der Waals surface area (Å²) in [6, 6.07) is 22.0. The van der Waals surface area contributed by atoms with Crippen LogP contribution in [0.5, 0.6) is 0 Å². The highest BCUT2D eigenvalue weighted by Gasteiger charge is 2.57. The van der Waals surface area contributed by atoms with Crippen LogP contribution in [0.2, 0.25) is 0 Å². The van der Waals surface area contributed by atoms with E-state index in [-0.39, 0.29) is 11.9 Å². The number of hydrogen-bond acceptors (Lipinski definition) is 5. The molecule has 0 unspecified atom stereocenters. The van der Waals surface area contributed by atoms with Gasteiger partial charge in [-0.2, -0.15) is 0 Å². The van der Waals surface area contributed by atoms with Crippen LogP contribution in [-0.4, -0.2) is 72.1 Å². The third-order valence-electron chi connectivity index (χ3n) is 7.49. The number of urea groups is 1. The fourth-order valence-corrected chi connectivity index (χ4v) is 5.49. The molecule has 7 heteroatoms. The van der Waals surface area contributed by atoms with E-state index in [1.807, 2.05) is 54.6 Å². The number of carbonyl (C=O) groups is 2. The monoisotopic (exact) mass is 487 g/mol. The van der Waals surface area contributed by atoms with Crippen LogP contribution >= 0.6 is 0 Å². The molecule has 188 valence electrons. The van der Waals surface area contributed by atoms with Crippen molar-refractivity contribution in [3.8, 4) is 11.3 Å². The Balaban J connectivity index is 1.30. The number of imide groups is 1. The lowest BCUT2D eigenvalue weighted by Gasteiger charge is -2.42. The lowest BCUT2D eigenvalue weighted by molar-refractivity contribution is -0.135. The van der Waals surface area contributed by atoms with Crippen molar-refractivity contribution in [3.63, 3.8) is 0 Å². The van der Waals surface area contributed by atoms with Gasteiger partial charge in [0.15, 0.2) is 0 Å². The molecule has 0 radical (unpaired) electrons. The zero-order chi connectivity index (χ0) is 25.0. The van der Waals surface area contributed by atoms with Crippen molar-refractivity contribution in [3.05, 3.63) is 84.1 Å². The minimum absolute atomic E-state index is 0.0600. The van der Waals surface area contributed by atoms with Crippen LogP contribution in [0.1, 0.15) is 24.0 Å². The first kappa shape index (κ1) is 24.3. The number of nitrogens with zero attached hydrogens (tertiary/aromatic N) is 3. The molecule has 2 fully saturated rings. The first-order valence-corrected chi connectivity index (χ1v) is 12.6. The normalized spacial score (nSPS) is 17.9. The van der Waals surface area contributed by atoms with E-state index in [1.54, 1.807) is 18.3 Å². The summed E-state index contributed by atoms with van der Waals surface area (Å²) in [5, 5.41) is 0. The molecule has 1 aromatic heterocycles. The predicted octanol–water partition coefficient (Wildman–Crippen LogP) is 4.43. The number of hydrogen-bond donors (Lipinski definition) is 0. The van der Waals surface area contributed by atoms with Gasteiger partial charge in [-0.15, -0.1) is 0 Å². The molecule has 2 aromatic carbocycles. The zero-order valence-electron chi connectivity index (χ0n) is 20.8. The Kier molecular flexibility index (Phi) is 7.20. The molecule has 36 heavy (non-hydrogen) atoms. The first-order valence-electron chi connectivity index (χ1n) is 12.6. The van der Waals surface area contributed by atoms with E-state index < -0.39 is 5.54 Å². The highest BCUT2D eigenvalue weighted by Crippen LogP contribution is 2.38. The van der Waals surface area contributed by atoms with Gasteiger partial charge in [0, 0.05) is 45.4 Å². The summed E-state index contributed by atoms with van der Waals surface area (Å²) in [6.07, 6.45) is 3.58. The molecular weight excluding hydrogens is 454 g/mol. The number of likely N-dealkylation sites (tertiary alicyclic amines) is 1. The average molecular weight is 488 g/mol.